The van der Waals surface area contributed by atoms with Crippen molar-refractivity contribution < 1.29 is 4.79 Å². The van der Waals surface area contributed by atoms with Gasteiger partial charge >= 0.3 is 0 Å². The van der Waals surface area contributed by atoms with E-state index in [2.05, 4.69) is 35.6 Å². The van der Waals surface area contributed by atoms with E-state index in [-0.39, 0.29) is 6.04 Å². The molecule has 112 valence electrons. The highest BCUT2D eigenvalue weighted by atomic mass is 35.5. The lowest BCUT2D eigenvalue weighted by Gasteiger charge is -2.20. The Hall–Kier alpha value is -1.59. The van der Waals surface area contributed by atoms with Crippen LogP contribution in [-0.2, 0) is 0 Å². The van der Waals surface area contributed by atoms with Gasteiger partial charge in [0.05, 0.1) is 16.6 Å². The number of primary amides is 1. The van der Waals surface area contributed by atoms with Crippen LogP contribution in [0.4, 0.5) is 5.82 Å². The van der Waals surface area contributed by atoms with Gasteiger partial charge < -0.3 is 11.1 Å². The van der Waals surface area contributed by atoms with Gasteiger partial charge in [-0.15, -0.1) is 11.3 Å². The van der Waals surface area contributed by atoms with E-state index in [1.54, 1.807) is 17.4 Å². The second-order valence-electron chi connectivity index (χ2n) is 5.26. The summed E-state index contributed by atoms with van der Waals surface area (Å²) in [7, 11) is 0. The number of halogens is 1. The molecule has 0 aliphatic carbocycles. The Labute approximate surface area is 133 Å². The predicted octanol–water partition coefficient (Wildman–Crippen LogP) is 4.09. The maximum Gasteiger partial charge on any atom is 0.250 e. The summed E-state index contributed by atoms with van der Waals surface area (Å²) in [5.41, 5.74) is 5.53. The first-order valence-corrected chi connectivity index (χ1v) is 7.98. The van der Waals surface area contributed by atoms with Crippen molar-refractivity contribution in [1.29, 1.82) is 0 Å². The maximum atomic E-state index is 11.1. The molecule has 0 aromatic carbocycles. The second-order valence-corrected chi connectivity index (χ2v) is 6.65. The number of hydrogen-bond acceptors (Lipinski definition) is 4. The number of rotatable bonds is 6. The average Bonchev–Trinajstić information content (AvgIpc) is 2.93. The minimum Gasteiger partial charge on any atom is -0.366 e. The Bertz CT molecular complexity index is 613. The number of aromatic nitrogens is 1. The van der Waals surface area contributed by atoms with Crippen LogP contribution in [-0.4, -0.2) is 10.9 Å². The number of anilines is 1. The number of nitrogens with one attached hydrogen (secondary N) is 1. The summed E-state index contributed by atoms with van der Waals surface area (Å²) in [6.45, 7) is 4.35. The highest BCUT2D eigenvalue weighted by Crippen LogP contribution is 2.31. The summed E-state index contributed by atoms with van der Waals surface area (Å²) in [5.74, 6) is 0.571. The molecule has 0 saturated heterocycles. The van der Waals surface area contributed by atoms with Crippen LogP contribution in [0.3, 0.4) is 0 Å². The molecule has 1 atom stereocenters. The number of nitrogens with two attached hydrogens (primary N) is 1. The lowest BCUT2D eigenvalue weighted by molar-refractivity contribution is 0.1000. The van der Waals surface area contributed by atoms with Crippen molar-refractivity contribution in [3.8, 4) is 0 Å². The van der Waals surface area contributed by atoms with Gasteiger partial charge in [-0.3, -0.25) is 4.79 Å². The van der Waals surface area contributed by atoms with Gasteiger partial charge in [0, 0.05) is 11.1 Å². The van der Waals surface area contributed by atoms with E-state index < -0.39 is 5.91 Å². The first kappa shape index (κ1) is 15.8. The fourth-order valence-electron chi connectivity index (χ4n) is 2.05. The fraction of sp³-hybridized carbons (Fsp3) is 0.333. The van der Waals surface area contributed by atoms with Gasteiger partial charge in [-0.25, -0.2) is 4.98 Å². The summed E-state index contributed by atoms with van der Waals surface area (Å²) in [5, 5.41) is 5.81. The zero-order chi connectivity index (χ0) is 15.4. The molecule has 0 aliphatic heterocycles. The molecule has 3 N–H and O–H groups in total. The van der Waals surface area contributed by atoms with Crippen molar-refractivity contribution >= 4 is 34.7 Å². The third-order valence-electron chi connectivity index (χ3n) is 3.03. The molecule has 0 spiro atoms. The maximum absolute atomic E-state index is 11.1. The zero-order valence-corrected chi connectivity index (χ0v) is 13.5. The number of nitrogens with zero attached hydrogens (tertiary/aromatic N) is 1. The Kier molecular flexibility index (Phi) is 5.20. The second kappa shape index (κ2) is 6.91. The highest BCUT2D eigenvalue weighted by Gasteiger charge is 2.17. The number of thiophene rings is 1. The van der Waals surface area contributed by atoms with Gasteiger partial charge in [0.2, 0.25) is 5.91 Å². The molecule has 21 heavy (non-hydrogen) atoms. The minimum absolute atomic E-state index is 0.148. The largest absolute Gasteiger partial charge is 0.366 e. The van der Waals surface area contributed by atoms with Crippen LogP contribution in [0.15, 0.2) is 29.8 Å². The van der Waals surface area contributed by atoms with Crippen molar-refractivity contribution in [1.82, 2.24) is 4.98 Å². The van der Waals surface area contributed by atoms with Crippen molar-refractivity contribution in [2.75, 3.05) is 5.32 Å². The van der Waals surface area contributed by atoms with Crippen LogP contribution < -0.4 is 11.1 Å². The zero-order valence-electron chi connectivity index (χ0n) is 12.0. The van der Waals surface area contributed by atoms with E-state index in [9.17, 15) is 4.79 Å². The first-order chi connectivity index (χ1) is 9.97. The van der Waals surface area contributed by atoms with E-state index >= 15 is 0 Å². The van der Waals surface area contributed by atoms with Crippen LogP contribution in [0.1, 0.15) is 41.5 Å². The molecule has 0 radical (unpaired) electrons. The van der Waals surface area contributed by atoms with Crippen molar-refractivity contribution in [2.24, 2.45) is 11.7 Å². The van der Waals surface area contributed by atoms with E-state index in [1.807, 2.05) is 6.07 Å². The van der Waals surface area contributed by atoms with Crippen LogP contribution in [0.5, 0.6) is 0 Å². The molecule has 0 saturated carbocycles. The van der Waals surface area contributed by atoms with Crippen LogP contribution in [0.2, 0.25) is 5.02 Å². The molecule has 0 fully saturated rings. The third-order valence-corrected chi connectivity index (χ3v) is 4.30. The Morgan fingerprint density at radius 1 is 1.52 bits per heavy atom. The summed E-state index contributed by atoms with van der Waals surface area (Å²) < 4.78 is 0. The first-order valence-electron chi connectivity index (χ1n) is 6.72. The molecular formula is C15H18ClN3OS. The Balaban J connectivity index is 2.22. The van der Waals surface area contributed by atoms with E-state index in [4.69, 9.17) is 17.3 Å². The monoisotopic (exact) mass is 323 g/mol. The molecule has 6 heteroatoms. The molecule has 0 aliphatic rings. The van der Waals surface area contributed by atoms with Crippen LogP contribution in [0, 0.1) is 5.92 Å². The summed E-state index contributed by atoms with van der Waals surface area (Å²) in [4.78, 5) is 16.6. The average molecular weight is 324 g/mol. The summed E-state index contributed by atoms with van der Waals surface area (Å²) in [6, 6.07) is 5.81. The number of carbonyl (C=O) groups excluding carboxylic acids is 1. The molecule has 2 aromatic heterocycles. The fourth-order valence-corrected chi connectivity index (χ4v) is 3.06. The van der Waals surface area contributed by atoms with Gasteiger partial charge in [0.15, 0.2) is 0 Å². The summed E-state index contributed by atoms with van der Waals surface area (Å²) in [6.07, 6.45) is 2.41. The molecule has 2 heterocycles. The number of carbonyl (C=O) groups is 1. The molecular weight excluding hydrogens is 306 g/mol. The van der Waals surface area contributed by atoms with Gasteiger partial charge in [-0.1, -0.05) is 31.5 Å². The van der Waals surface area contributed by atoms with E-state index in [0.29, 0.717) is 22.3 Å². The lowest BCUT2D eigenvalue weighted by Crippen LogP contribution is -2.15. The van der Waals surface area contributed by atoms with E-state index in [1.165, 1.54) is 11.1 Å². The Morgan fingerprint density at radius 3 is 2.81 bits per heavy atom. The van der Waals surface area contributed by atoms with Crippen molar-refractivity contribution in [3.05, 3.63) is 45.2 Å². The van der Waals surface area contributed by atoms with Gasteiger partial charge in [0.25, 0.3) is 0 Å². The molecule has 1 amide bonds. The Morgan fingerprint density at radius 2 is 2.29 bits per heavy atom. The molecule has 2 rings (SSSR count). The molecule has 0 bridgehead atoms. The molecule has 4 nitrogen and oxygen atoms in total. The van der Waals surface area contributed by atoms with Crippen LogP contribution in [0.25, 0.3) is 0 Å². The van der Waals surface area contributed by atoms with Crippen LogP contribution >= 0.6 is 22.9 Å². The molecule has 2 aromatic rings. The van der Waals surface area contributed by atoms with Crippen molar-refractivity contribution in [3.63, 3.8) is 0 Å². The lowest BCUT2D eigenvalue weighted by atomic mass is 10.0. The smallest absolute Gasteiger partial charge is 0.250 e. The predicted molar refractivity (Wildman–Crippen MR) is 87.9 cm³/mol. The highest BCUT2D eigenvalue weighted by molar-refractivity contribution is 7.10. The number of hydrogen-bond donors (Lipinski definition) is 2. The topological polar surface area (TPSA) is 68.0 Å². The third kappa shape index (κ3) is 4.19. The van der Waals surface area contributed by atoms with Crippen molar-refractivity contribution in [2.45, 2.75) is 26.3 Å². The molecule has 1 unspecified atom stereocenters. The van der Waals surface area contributed by atoms with Gasteiger partial charge in [-0.2, -0.15) is 0 Å². The SMILES string of the molecule is CC(C)CC(Nc1ncc(C(N)=O)cc1Cl)c1cccs1. The van der Waals surface area contributed by atoms with Gasteiger partial charge in [0.1, 0.15) is 5.82 Å². The number of amides is 1. The van der Waals surface area contributed by atoms with Gasteiger partial charge in [-0.05, 0) is 29.9 Å². The number of pyridine rings is 1. The quantitative estimate of drug-likeness (QED) is 0.841. The standard InChI is InChI=1S/C15H18ClN3OS/c1-9(2)6-12(13-4-3-5-21-13)19-15-11(16)7-10(8-18-15)14(17)20/h3-5,7-9,12H,6H2,1-2H3,(H2,17,20)(H,18,19). The normalized spacial score (nSPS) is 12.4. The van der Waals surface area contributed by atoms with E-state index in [0.717, 1.165) is 6.42 Å². The summed E-state index contributed by atoms with van der Waals surface area (Å²) >= 11 is 7.88. The minimum atomic E-state index is -0.534.